The molecule has 38 heavy (non-hydrogen) atoms. The Hall–Kier alpha value is -3.77. The number of fused-ring (bicyclic) bond motifs is 2. The number of methoxy groups -OCH3 is 1. The highest BCUT2D eigenvalue weighted by Gasteiger charge is 2.44. The summed E-state index contributed by atoms with van der Waals surface area (Å²) in [6, 6.07) is 5.53. The van der Waals surface area contributed by atoms with E-state index in [0.29, 0.717) is 27.5 Å². The SMILES string of the molecule is COc1cc(Cl)cc2sc(C3(NC(=O)Nc4ccc5c(n4)CN(C4CCC(=O)NC4=O)C5=O)CCC3)nc12. The first-order valence-corrected chi connectivity index (χ1v) is 13.3. The lowest BCUT2D eigenvalue weighted by atomic mass is 9.77. The lowest BCUT2D eigenvalue weighted by Gasteiger charge is -2.40. The summed E-state index contributed by atoms with van der Waals surface area (Å²) < 4.78 is 6.31. The number of urea groups is 1. The maximum Gasteiger partial charge on any atom is 0.321 e. The van der Waals surface area contributed by atoms with Crippen molar-refractivity contribution in [1.29, 1.82) is 0 Å². The molecule has 2 aliphatic heterocycles. The van der Waals surface area contributed by atoms with Crippen LogP contribution in [0.1, 0.15) is 53.2 Å². The predicted molar refractivity (Wildman–Crippen MR) is 139 cm³/mol. The van der Waals surface area contributed by atoms with Crippen LogP contribution in [0, 0.1) is 0 Å². The molecule has 6 rings (SSSR count). The third kappa shape index (κ3) is 4.13. The van der Waals surface area contributed by atoms with Gasteiger partial charge >= 0.3 is 6.03 Å². The van der Waals surface area contributed by atoms with Crippen molar-refractivity contribution >= 4 is 62.7 Å². The third-order valence-corrected chi connectivity index (χ3v) is 8.65. The van der Waals surface area contributed by atoms with Gasteiger partial charge in [0.1, 0.15) is 28.1 Å². The topological polar surface area (TPSA) is 143 Å². The Balaban J connectivity index is 1.18. The van der Waals surface area contributed by atoms with Crippen LogP contribution in [-0.2, 0) is 21.7 Å². The monoisotopic (exact) mass is 554 g/mol. The van der Waals surface area contributed by atoms with Gasteiger partial charge in [-0.1, -0.05) is 11.6 Å². The first kappa shape index (κ1) is 24.6. The summed E-state index contributed by atoms with van der Waals surface area (Å²) in [6.45, 7) is 0.123. The highest BCUT2D eigenvalue weighted by molar-refractivity contribution is 7.18. The Morgan fingerprint density at radius 2 is 2.05 bits per heavy atom. The average molecular weight is 555 g/mol. The molecule has 1 aromatic carbocycles. The van der Waals surface area contributed by atoms with Gasteiger partial charge in [-0.25, -0.2) is 14.8 Å². The van der Waals surface area contributed by atoms with Crippen molar-refractivity contribution in [3.05, 3.63) is 45.6 Å². The fourth-order valence-corrected chi connectivity index (χ4v) is 6.62. The molecule has 196 valence electrons. The number of ether oxygens (including phenoxy) is 1. The second kappa shape index (κ2) is 9.21. The summed E-state index contributed by atoms with van der Waals surface area (Å²) in [5.74, 6) is -0.286. The van der Waals surface area contributed by atoms with E-state index < -0.39 is 23.5 Å². The van der Waals surface area contributed by atoms with Crippen LogP contribution in [0.15, 0.2) is 24.3 Å². The molecule has 1 unspecified atom stereocenters. The van der Waals surface area contributed by atoms with E-state index >= 15 is 0 Å². The molecule has 2 aromatic heterocycles. The van der Waals surface area contributed by atoms with Gasteiger partial charge in [0, 0.05) is 17.5 Å². The number of hydrogen-bond donors (Lipinski definition) is 3. The number of aromatic nitrogens is 2. The predicted octanol–water partition coefficient (Wildman–Crippen LogP) is 3.32. The molecular weight excluding hydrogens is 532 g/mol. The summed E-state index contributed by atoms with van der Waals surface area (Å²) in [7, 11) is 1.57. The van der Waals surface area contributed by atoms with Gasteiger partial charge in [0.25, 0.3) is 5.91 Å². The molecule has 1 saturated carbocycles. The number of halogens is 1. The van der Waals surface area contributed by atoms with Gasteiger partial charge in [0.15, 0.2) is 0 Å². The Morgan fingerprint density at radius 3 is 2.76 bits per heavy atom. The summed E-state index contributed by atoms with van der Waals surface area (Å²) in [4.78, 5) is 60.3. The minimum atomic E-state index is -0.727. The van der Waals surface area contributed by atoms with E-state index in [4.69, 9.17) is 21.3 Å². The molecular formula is C25H23ClN6O5S. The number of hydrogen-bond acceptors (Lipinski definition) is 8. The average Bonchev–Trinajstić information content (AvgIpc) is 3.42. The quantitative estimate of drug-likeness (QED) is 0.411. The number of anilines is 1. The second-order valence-corrected chi connectivity index (χ2v) is 11.0. The Labute approximate surface area is 225 Å². The van der Waals surface area contributed by atoms with Crippen LogP contribution in [0.3, 0.4) is 0 Å². The van der Waals surface area contributed by atoms with Crippen LogP contribution in [0.25, 0.3) is 10.2 Å². The van der Waals surface area contributed by atoms with Crippen LogP contribution < -0.4 is 20.7 Å². The van der Waals surface area contributed by atoms with Crippen LogP contribution in [0.2, 0.25) is 5.02 Å². The van der Waals surface area contributed by atoms with E-state index in [9.17, 15) is 19.2 Å². The summed E-state index contributed by atoms with van der Waals surface area (Å²) >= 11 is 7.69. The number of carbonyl (C=O) groups is 4. The summed E-state index contributed by atoms with van der Waals surface area (Å²) in [5.41, 5.74) is 0.931. The van der Waals surface area contributed by atoms with Gasteiger partial charge in [0.05, 0.1) is 35.2 Å². The lowest BCUT2D eigenvalue weighted by molar-refractivity contribution is -0.136. The summed E-state index contributed by atoms with van der Waals surface area (Å²) in [5, 5.41) is 9.46. The molecule has 0 radical (unpaired) electrons. The van der Waals surface area contributed by atoms with Crippen LogP contribution in [-0.4, -0.2) is 51.8 Å². The van der Waals surface area contributed by atoms with E-state index in [-0.39, 0.29) is 37.0 Å². The zero-order valence-corrected chi connectivity index (χ0v) is 21.9. The maximum atomic E-state index is 13.0. The number of imide groups is 1. The van der Waals surface area contributed by atoms with Crippen LogP contribution in [0.5, 0.6) is 5.75 Å². The normalized spacial score (nSPS) is 20.1. The van der Waals surface area contributed by atoms with E-state index in [2.05, 4.69) is 20.9 Å². The lowest BCUT2D eigenvalue weighted by Crippen LogP contribution is -2.52. The van der Waals surface area contributed by atoms with Gasteiger partial charge in [-0.2, -0.15) is 0 Å². The molecule has 2 fully saturated rings. The van der Waals surface area contributed by atoms with Crippen molar-refractivity contribution in [2.75, 3.05) is 12.4 Å². The Kier molecular flexibility index (Phi) is 5.95. The van der Waals surface area contributed by atoms with Crippen molar-refractivity contribution in [2.45, 2.75) is 50.2 Å². The number of amides is 5. The molecule has 0 bridgehead atoms. The van der Waals surface area contributed by atoms with E-state index in [1.165, 1.54) is 16.2 Å². The Bertz CT molecular complexity index is 1520. The molecule has 5 amide bonds. The number of carbonyl (C=O) groups excluding carboxylic acids is 4. The highest BCUT2D eigenvalue weighted by Crippen LogP contribution is 2.45. The number of nitrogens with zero attached hydrogens (tertiary/aromatic N) is 3. The zero-order chi connectivity index (χ0) is 26.6. The van der Waals surface area contributed by atoms with Gasteiger partial charge < -0.3 is 15.0 Å². The van der Waals surface area contributed by atoms with Crippen LogP contribution in [0.4, 0.5) is 10.6 Å². The fraction of sp³-hybridized carbons (Fsp3) is 0.360. The second-order valence-electron chi connectivity index (χ2n) is 9.58. The van der Waals surface area contributed by atoms with Crippen molar-refractivity contribution in [3.63, 3.8) is 0 Å². The van der Waals surface area contributed by atoms with E-state index in [1.807, 2.05) is 6.07 Å². The minimum Gasteiger partial charge on any atom is -0.494 e. The minimum absolute atomic E-state index is 0.123. The molecule has 1 saturated heterocycles. The van der Waals surface area contributed by atoms with E-state index in [0.717, 1.165) is 29.0 Å². The number of piperidine rings is 1. The molecule has 0 spiro atoms. The number of thiazole rings is 1. The molecule has 4 heterocycles. The van der Waals surface area contributed by atoms with Gasteiger partial charge in [0.2, 0.25) is 11.8 Å². The molecule has 3 aromatic rings. The van der Waals surface area contributed by atoms with Crippen molar-refractivity contribution < 1.29 is 23.9 Å². The van der Waals surface area contributed by atoms with Gasteiger partial charge in [-0.3, -0.25) is 25.0 Å². The number of rotatable bonds is 5. The molecule has 13 heteroatoms. The van der Waals surface area contributed by atoms with Crippen LogP contribution >= 0.6 is 22.9 Å². The first-order chi connectivity index (χ1) is 18.3. The Morgan fingerprint density at radius 1 is 1.24 bits per heavy atom. The van der Waals surface area contributed by atoms with E-state index in [1.54, 1.807) is 25.3 Å². The van der Waals surface area contributed by atoms with Gasteiger partial charge in [-0.05, 0) is 43.9 Å². The standard InChI is InChI=1S/C25H23ClN6O5S/c1-37-16-9-12(26)10-17-20(16)30-23(38-17)25(7-2-8-25)31-24(36)28-18-5-3-13-14(27-18)11-32(22(13)35)15-4-6-19(33)29-21(15)34/h3,5,9-10,15H,2,4,6-8,11H2,1H3,(H,29,33,34)(H2,27,28,31,36). The maximum absolute atomic E-state index is 13.0. The summed E-state index contributed by atoms with van der Waals surface area (Å²) in [6.07, 6.45) is 2.87. The number of benzene rings is 1. The molecule has 11 nitrogen and oxygen atoms in total. The fourth-order valence-electron chi connectivity index (χ4n) is 5.12. The molecule has 1 aliphatic carbocycles. The van der Waals surface area contributed by atoms with Crippen molar-refractivity contribution in [2.24, 2.45) is 0 Å². The number of pyridine rings is 1. The first-order valence-electron chi connectivity index (χ1n) is 12.1. The highest BCUT2D eigenvalue weighted by atomic mass is 35.5. The number of nitrogens with one attached hydrogen (secondary N) is 3. The van der Waals surface area contributed by atoms with Crippen molar-refractivity contribution in [1.82, 2.24) is 25.5 Å². The molecule has 3 N–H and O–H groups in total. The smallest absolute Gasteiger partial charge is 0.321 e. The van der Waals surface area contributed by atoms with Crippen molar-refractivity contribution in [3.8, 4) is 5.75 Å². The third-order valence-electron chi connectivity index (χ3n) is 7.23. The van der Waals surface area contributed by atoms with Gasteiger partial charge in [-0.15, -0.1) is 11.3 Å². The zero-order valence-electron chi connectivity index (χ0n) is 20.3. The largest absolute Gasteiger partial charge is 0.494 e. The molecule has 3 aliphatic rings. The molecule has 1 atom stereocenters.